The van der Waals surface area contributed by atoms with Crippen molar-refractivity contribution in [3.8, 4) is 0 Å². The molecule has 3 heteroatoms. The summed E-state index contributed by atoms with van der Waals surface area (Å²) in [6.07, 6.45) is 9.47. The van der Waals surface area contributed by atoms with Gasteiger partial charge in [-0.2, -0.15) is 0 Å². The summed E-state index contributed by atoms with van der Waals surface area (Å²) < 4.78 is 0. The van der Waals surface area contributed by atoms with Crippen LogP contribution in [-0.4, -0.2) is 22.7 Å². The van der Waals surface area contributed by atoms with Crippen LogP contribution in [0.2, 0.25) is 0 Å². The van der Waals surface area contributed by atoms with E-state index in [1.165, 1.54) is 25.7 Å². The Morgan fingerprint density at radius 1 is 1.32 bits per heavy atom. The van der Waals surface area contributed by atoms with Gasteiger partial charge in [0.05, 0.1) is 12.0 Å². The molecule has 0 aromatic rings. The van der Waals surface area contributed by atoms with Crippen molar-refractivity contribution in [2.24, 2.45) is 17.8 Å². The molecule has 0 heterocycles. The number of fused-ring (bicyclic) bond motifs is 2. The molecule has 3 aliphatic rings. The second-order valence-electron chi connectivity index (χ2n) is 7.30. The summed E-state index contributed by atoms with van der Waals surface area (Å²) in [5.41, 5.74) is -0.710. The number of nitrogens with one attached hydrogen (secondary N) is 1. The molecule has 2 N–H and O–H groups in total. The monoisotopic (exact) mass is 265 g/mol. The van der Waals surface area contributed by atoms with Crippen molar-refractivity contribution < 1.29 is 9.90 Å². The maximum Gasteiger partial charge on any atom is 0.223 e. The maximum absolute atomic E-state index is 12.1. The largest absolute Gasteiger partial charge is 0.389 e. The highest BCUT2D eigenvalue weighted by atomic mass is 16.3. The van der Waals surface area contributed by atoms with E-state index in [-0.39, 0.29) is 11.9 Å². The van der Waals surface area contributed by atoms with Crippen LogP contribution in [0.4, 0.5) is 0 Å². The van der Waals surface area contributed by atoms with E-state index in [1.54, 1.807) is 0 Å². The van der Waals surface area contributed by atoms with Gasteiger partial charge in [-0.25, -0.2) is 0 Å². The first-order chi connectivity index (χ1) is 9.06. The van der Waals surface area contributed by atoms with Crippen LogP contribution in [0.3, 0.4) is 0 Å². The SMILES string of the molecule is CC(NC(=O)CC1(O)CCCC1)C1CC2CCC1C2. The van der Waals surface area contributed by atoms with Gasteiger partial charge in [0.1, 0.15) is 0 Å². The summed E-state index contributed by atoms with van der Waals surface area (Å²) in [5.74, 6) is 2.50. The van der Waals surface area contributed by atoms with E-state index in [0.717, 1.165) is 37.5 Å². The predicted molar refractivity (Wildman–Crippen MR) is 74.6 cm³/mol. The smallest absolute Gasteiger partial charge is 0.223 e. The van der Waals surface area contributed by atoms with Gasteiger partial charge in [0.15, 0.2) is 0 Å². The number of carbonyl (C=O) groups excluding carboxylic acids is 1. The zero-order chi connectivity index (χ0) is 13.5. The Balaban J connectivity index is 1.49. The minimum atomic E-state index is -0.710. The number of rotatable bonds is 4. The zero-order valence-electron chi connectivity index (χ0n) is 12.0. The average molecular weight is 265 g/mol. The lowest BCUT2D eigenvalue weighted by Crippen LogP contribution is -2.43. The van der Waals surface area contributed by atoms with Crippen molar-refractivity contribution in [1.82, 2.24) is 5.32 Å². The van der Waals surface area contributed by atoms with Crippen molar-refractivity contribution in [1.29, 1.82) is 0 Å². The van der Waals surface area contributed by atoms with E-state index in [2.05, 4.69) is 12.2 Å². The minimum absolute atomic E-state index is 0.0553. The molecule has 0 aromatic heterocycles. The Morgan fingerprint density at radius 3 is 2.63 bits per heavy atom. The number of carbonyl (C=O) groups is 1. The summed E-state index contributed by atoms with van der Waals surface area (Å²) >= 11 is 0. The van der Waals surface area contributed by atoms with Crippen molar-refractivity contribution in [2.75, 3.05) is 0 Å². The van der Waals surface area contributed by atoms with Gasteiger partial charge < -0.3 is 10.4 Å². The molecule has 3 saturated carbocycles. The lowest BCUT2D eigenvalue weighted by molar-refractivity contribution is -0.127. The van der Waals surface area contributed by atoms with Crippen LogP contribution in [0, 0.1) is 17.8 Å². The minimum Gasteiger partial charge on any atom is -0.389 e. The van der Waals surface area contributed by atoms with E-state index >= 15 is 0 Å². The van der Waals surface area contributed by atoms with Crippen molar-refractivity contribution >= 4 is 5.91 Å². The molecular weight excluding hydrogens is 238 g/mol. The highest BCUT2D eigenvalue weighted by molar-refractivity contribution is 5.77. The van der Waals surface area contributed by atoms with Crippen molar-refractivity contribution in [3.63, 3.8) is 0 Å². The Morgan fingerprint density at radius 2 is 2.05 bits per heavy atom. The number of aliphatic hydroxyl groups is 1. The van der Waals surface area contributed by atoms with Crippen LogP contribution in [0.1, 0.15) is 64.7 Å². The molecule has 3 rings (SSSR count). The summed E-state index contributed by atoms with van der Waals surface area (Å²) in [4.78, 5) is 12.1. The molecule has 3 aliphatic carbocycles. The summed E-state index contributed by atoms with van der Waals surface area (Å²) in [6.45, 7) is 2.15. The molecule has 4 unspecified atom stereocenters. The fourth-order valence-corrected chi connectivity index (χ4v) is 4.83. The second-order valence-corrected chi connectivity index (χ2v) is 7.30. The third-order valence-corrected chi connectivity index (χ3v) is 5.85. The van der Waals surface area contributed by atoms with Crippen molar-refractivity contribution in [2.45, 2.75) is 76.4 Å². The van der Waals surface area contributed by atoms with Crippen LogP contribution < -0.4 is 5.32 Å². The fourth-order valence-electron chi connectivity index (χ4n) is 4.83. The zero-order valence-corrected chi connectivity index (χ0v) is 12.0. The fraction of sp³-hybridized carbons (Fsp3) is 0.938. The normalized spacial score (nSPS) is 37.5. The quantitative estimate of drug-likeness (QED) is 0.821. The van der Waals surface area contributed by atoms with Crippen LogP contribution in [0.5, 0.6) is 0 Å². The molecule has 19 heavy (non-hydrogen) atoms. The summed E-state index contributed by atoms with van der Waals surface area (Å²) in [7, 11) is 0. The molecule has 3 fully saturated rings. The van der Waals surface area contributed by atoms with E-state index in [1.807, 2.05) is 0 Å². The molecule has 108 valence electrons. The molecular formula is C16H27NO2. The van der Waals surface area contributed by atoms with Gasteiger partial charge >= 0.3 is 0 Å². The van der Waals surface area contributed by atoms with E-state index in [4.69, 9.17) is 0 Å². The van der Waals surface area contributed by atoms with E-state index < -0.39 is 5.60 Å². The van der Waals surface area contributed by atoms with E-state index in [9.17, 15) is 9.90 Å². The van der Waals surface area contributed by atoms with Crippen LogP contribution >= 0.6 is 0 Å². The third-order valence-electron chi connectivity index (χ3n) is 5.85. The molecule has 0 aromatic carbocycles. The van der Waals surface area contributed by atoms with Gasteiger partial charge in [0.2, 0.25) is 5.91 Å². The van der Waals surface area contributed by atoms with Crippen LogP contribution in [0.15, 0.2) is 0 Å². The molecule has 2 bridgehead atoms. The lowest BCUT2D eigenvalue weighted by atomic mass is 9.84. The highest BCUT2D eigenvalue weighted by Crippen LogP contribution is 2.49. The number of hydrogen-bond donors (Lipinski definition) is 2. The number of hydrogen-bond acceptors (Lipinski definition) is 2. The Hall–Kier alpha value is -0.570. The molecule has 0 saturated heterocycles. The summed E-state index contributed by atoms with van der Waals surface area (Å²) in [5, 5.41) is 13.4. The van der Waals surface area contributed by atoms with Crippen molar-refractivity contribution in [3.05, 3.63) is 0 Å². The first-order valence-electron chi connectivity index (χ1n) is 8.07. The second kappa shape index (κ2) is 5.08. The van der Waals surface area contributed by atoms with Gasteiger partial charge in [-0.15, -0.1) is 0 Å². The van der Waals surface area contributed by atoms with E-state index in [0.29, 0.717) is 12.3 Å². The van der Waals surface area contributed by atoms with Gasteiger partial charge in [-0.05, 0) is 56.8 Å². The van der Waals surface area contributed by atoms with Crippen LogP contribution in [-0.2, 0) is 4.79 Å². The molecule has 0 radical (unpaired) electrons. The van der Waals surface area contributed by atoms with Gasteiger partial charge in [-0.1, -0.05) is 19.3 Å². The first-order valence-corrected chi connectivity index (χ1v) is 8.07. The Bertz CT molecular complexity index is 349. The maximum atomic E-state index is 12.1. The standard InChI is InChI=1S/C16H27NO2/c1-11(14-9-12-4-5-13(14)8-12)17-15(18)10-16(19)6-2-3-7-16/h11-14,19H,2-10H2,1H3,(H,17,18). The summed E-state index contributed by atoms with van der Waals surface area (Å²) in [6, 6.07) is 0.285. The first kappa shape index (κ1) is 13.4. The molecule has 0 aliphatic heterocycles. The third kappa shape index (κ3) is 2.81. The molecule has 1 amide bonds. The van der Waals surface area contributed by atoms with Gasteiger partial charge in [-0.3, -0.25) is 4.79 Å². The molecule has 3 nitrogen and oxygen atoms in total. The predicted octanol–water partition coefficient (Wildman–Crippen LogP) is 2.62. The Kier molecular flexibility index (Phi) is 3.59. The number of amides is 1. The highest BCUT2D eigenvalue weighted by Gasteiger charge is 2.42. The van der Waals surface area contributed by atoms with Crippen LogP contribution in [0.25, 0.3) is 0 Å². The molecule has 4 atom stereocenters. The molecule has 0 spiro atoms. The van der Waals surface area contributed by atoms with Gasteiger partial charge in [0, 0.05) is 6.04 Å². The average Bonchev–Trinajstić information content (AvgIpc) is 3.04. The topological polar surface area (TPSA) is 49.3 Å². The lowest BCUT2D eigenvalue weighted by Gasteiger charge is -2.30. The Labute approximate surface area is 116 Å². The van der Waals surface area contributed by atoms with Gasteiger partial charge in [0.25, 0.3) is 0 Å².